The minimum Gasteiger partial charge on any atom is -0.592 e. The lowest BCUT2D eigenvalue weighted by molar-refractivity contribution is 0.557. The Morgan fingerprint density at radius 1 is 0.895 bits per heavy atom. The Balaban J connectivity index is 2.03. The highest BCUT2D eigenvalue weighted by atomic mass is 32.2. The largest absolute Gasteiger partial charge is 0.592 e. The molecule has 2 aromatic carbocycles. The first-order valence-corrected chi connectivity index (χ1v) is 8.02. The second-order valence-electron chi connectivity index (χ2n) is 3.60. The molecular formula is C12H12N2O3S2. The van der Waals surface area contributed by atoms with Crippen LogP contribution in [0.1, 0.15) is 0 Å². The van der Waals surface area contributed by atoms with Gasteiger partial charge in [0.1, 0.15) is 0 Å². The van der Waals surface area contributed by atoms with Crippen molar-refractivity contribution in [2.24, 2.45) is 0 Å². The Hall–Kier alpha value is -1.38. The third-order valence-corrected chi connectivity index (χ3v) is 4.66. The predicted molar refractivity (Wildman–Crippen MR) is 72.7 cm³/mol. The Labute approximate surface area is 115 Å². The molecule has 2 N–H and O–H groups in total. The Kier molecular flexibility index (Phi) is 4.56. The van der Waals surface area contributed by atoms with E-state index in [2.05, 4.69) is 9.66 Å². The molecule has 0 aromatic heterocycles. The zero-order chi connectivity index (χ0) is 13.7. The van der Waals surface area contributed by atoms with Crippen molar-refractivity contribution in [2.75, 3.05) is 0 Å². The van der Waals surface area contributed by atoms with Crippen molar-refractivity contribution in [2.45, 2.75) is 9.79 Å². The molecule has 7 heteroatoms. The molecule has 0 amide bonds. The average molecular weight is 296 g/mol. The summed E-state index contributed by atoms with van der Waals surface area (Å²) in [6, 6.07) is 16.4. The van der Waals surface area contributed by atoms with Gasteiger partial charge in [0.2, 0.25) is 0 Å². The number of sulfonamides is 1. The number of hydrazine groups is 1. The number of hydrogen-bond acceptors (Lipinski definition) is 4. The van der Waals surface area contributed by atoms with E-state index in [0.717, 1.165) is 0 Å². The first kappa shape index (κ1) is 14.0. The molecule has 0 aliphatic rings. The van der Waals surface area contributed by atoms with E-state index in [0.29, 0.717) is 4.90 Å². The van der Waals surface area contributed by atoms with Crippen LogP contribution in [-0.2, 0) is 21.4 Å². The summed E-state index contributed by atoms with van der Waals surface area (Å²) in [7, 11) is -3.72. The summed E-state index contributed by atoms with van der Waals surface area (Å²) < 4.78 is 35.5. The van der Waals surface area contributed by atoms with Gasteiger partial charge in [-0.05, 0) is 24.3 Å². The van der Waals surface area contributed by atoms with Gasteiger partial charge in [-0.3, -0.25) is 0 Å². The van der Waals surface area contributed by atoms with E-state index in [1.54, 1.807) is 48.5 Å². The quantitative estimate of drug-likeness (QED) is 0.641. The highest BCUT2D eigenvalue weighted by molar-refractivity contribution is 7.92. The highest BCUT2D eigenvalue weighted by Gasteiger charge is 2.17. The standard InChI is InChI=1S/C12H12N2O3S2/c15-18(11-7-3-1-4-8-11)13-14-19(16,17)12-9-5-2-6-10-12/h1-10,13-14H. The Morgan fingerprint density at radius 2 is 1.42 bits per heavy atom. The highest BCUT2D eigenvalue weighted by Crippen LogP contribution is 2.09. The van der Waals surface area contributed by atoms with E-state index in [-0.39, 0.29) is 4.90 Å². The molecule has 1 atom stereocenters. The lowest BCUT2D eigenvalue weighted by atomic mass is 10.4. The van der Waals surface area contributed by atoms with Gasteiger partial charge < -0.3 is 4.55 Å². The smallest absolute Gasteiger partial charge is 0.256 e. The molecule has 19 heavy (non-hydrogen) atoms. The van der Waals surface area contributed by atoms with Crippen molar-refractivity contribution >= 4 is 21.4 Å². The fourth-order valence-electron chi connectivity index (χ4n) is 1.35. The van der Waals surface area contributed by atoms with Gasteiger partial charge in [0.25, 0.3) is 10.0 Å². The molecule has 0 bridgehead atoms. The van der Waals surface area contributed by atoms with Crippen LogP contribution in [0.2, 0.25) is 0 Å². The molecule has 0 fully saturated rings. The van der Waals surface area contributed by atoms with Gasteiger partial charge in [-0.15, -0.1) is 4.83 Å². The molecule has 100 valence electrons. The predicted octanol–water partition coefficient (Wildman–Crippen LogP) is 1.19. The molecule has 0 heterocycles. The molecule has 1 unspecified atom stereocenters. The van der Waals surface area contributed by atoms with Gasteiger partial charge in [-0.25, -0.2) is 8.42 Å². The second kappa shape index (κ2) is 6.18. The van der Waals surface area contributed by atoms with Crippen LogP contribution in [0.15, 0.2) is 70.5 Å². The molecular weight excluding hydrogens is 284 g/mol. The third-order valence-electron chi connectivity index (χ3n) is 2.28. The number of hydrogen-bond donors (Lipinski definition) is 2. The summed E-state index contributed by atoms with van der Waals surface area (Å²) >= 11 is -1.64. The number of benzene rings is 2. The van der Waals surface area contributed by atoms with E-state index >= 15 is 0 Å². The monoisotopic (exact) mass is 296 g/mol. The molecule has 0 saturated carbocycles. The van der Waals surface area contributed by atoms with Gasteiger partial charge in [-0.1, -0.05) is 41.2 Å². The maximum atomic E-state index is 11.9. The lowest BCUT2D eigenvalue weighted by Gasteiger charge is -2.11. The number of nitrogens with one attached hydrogen (secondary N) is 2. The molecule has 5 nitrogen and oxygen atoms in total. The topological polar surface area (TPSA) is 81.3 Å². The lowest BCUT2D eigenvalue weighted by Crippen LogP contribution is -2.41. The zero-order valence-corrected chi connectivity index (χ0v) is 11.4. The van der Waals surface area contributed by atoms with Gasteiger partial charge >= 0.3 is 0 Å². The maximum absolute atomic E-state index is 11.9. The van der Waals surface area contributed by atoms with Crippen molar-refractivity contribution in [3.63, 3.8) is 0 Å². The van der Waals surface area contributed by atoms with Crippen molar-refractivity contribution in [3.8, 4) is 0 Å². The van der Waals surface area contributed by atoms with Crippen LogP contribution >= 0.6 is 0 Å². The minimum absolute atomic E-state index is 0.104. The summed E-state index contributed by atoms with van der Waals surface area (Å²) in [5, 5.41) is 0. The van der Waals surface area contributed by atoms with Crippen molar-refractivity contribution in [1.29, 1.82) is 0 Å². The van der Waals surface area contributed by atoms with Gasteiger partial charge in [0, 0.05) is 0 Å². The average Bonchev–Trinajstić information content (AvgIpc) is 2.47. The summed E-state index contributed by atoms with van der Waals surface area (Å²) in [5.74, 6) is 0. The van der Waals surface area contributed by atoms with E-state index in [9.17, 15) is 13.0 Å². The second-order valence-corrected chi connectivity index (χ2v) is 6.50. The molecule has 0 radical (unpaired) electrons. The van der Waals surface area contributed by atoms with Crippen LogP contribution < -0.4 is 9.66 Å². The summed E-state index contributed by atoms with van der Waals surface area (Å²) in [6.45, 7) is 0. The maximum Gasteiger partial charge on any atom is 0.256 e. The summed E-state index contributed by atoms with van der Waals surface area (Å²) in [6.07, 6.45) is 0. The molecule has 0 saturated heterocycles. The zero-order valence-electron chi connectivity index (χ0n) is 9.81. The van der Waals surface area contributed by atoms with Crippen molar-refractivity contribution < 1.29 is 13.0 Å². The SMILES string of the molecule is O=S(=O)(NN[S+]([O-])c1ccccc1)c1ccccc1. The van der Waals surface area contributed by atoms with Crippen LogP contribution in [0.5, 0.6) is 0 Å². The Bertz CT molecular complexity index is 618. The van der Waals surface area contributed by atoms with Crippen molar-refractivity contribution in [3.05, 3.63) is 60.7 Å². The normalized spacial score (nSPS) is 13.1. The molecule has 2 aromatic rings. The Morgan fingerprint density at radius 3 is 2.00 bits per heavy atom. The first-order valence-electron chi connectivity index (χ1n) is 5.39. The summed E-state index contributed by atoms with van der Waals surface area (Å²) in [4.78, 5) is 4.96. The van der Waals surface area contributed by atoms with Gasteiger partial charge in [-0.2, -0.15) is 0 Å². The van der Waals surface area contributed by atoms with Crippen LogP contribution in [0.3, 0.4) is 0 Å². The van der Waals surface area contributed by atoms with Crippen molar-refractivity contribution in [1.82, 2.24) is 9.66 Å². The molecule has 2 rings (SSSR count). The van der Waals surface area contributed by atoms with Crippen LogP contribution in [0.25, 0.3) is 0 Å². The third kappa shape index (κ3) is 3.79. The van der Waals surface area contributed by atoms with E-state index in [4.69, 9.17) is 0 Å². The first-order chi connectivity index (χ1) is 9.09. The van der Waals surface area contributed by atoms with E-state index in [1.807, 2.05) is 0 Å². The summed E-state index contributed by atoms with van der Waals surface area (Å²) in [5.41, 5.74) is 0. The van der Waals surface area contributed by atoms with E-state index in [1.165, 1.54) is 12.1 Å². The number of rotatable bonds is 5. The van der Waals surface area contributed by atoms with Crippen LogP contribution in [0, 0.1) is 0 Å². The van der Waals surface area contributed by atoms with E-state index < -0.39 is 21.4 Å². The molecule has 0 spiro atoms. The molecule has 0 aliphatic heterocycles. The minimum atomic E-state index is -3.72. The fourth-order valence-corrected chi connectivity index (χ4v) is 3.25. The van der Waals surface area contributed by atoms with Crippen LogP contribution in [-0.4, -0.2) is 13.0 Å². The van der Waals surface area contributed by atoms with Gasteiger partial charge in [0.05, 0.1) is 16.3 Å². The van der Waals surface area contributed by atoms with Crippen LogP contribution in [0.4, 0.5) is 0 Å². The van der Waals surface area contributed by atoms with Gasteiger partial charge in [0.15, 0.2) is 4.90 Å². The molecule has 0 aliphatic carbocycles. The fraction of sp³-hybridized carbons (Fsp3) is 0.